The number of hydrogen-bond acceptors (Lipinski definition) is 3. The molecule has 5 nitrogen and oxygen atoms in total. The van der Waals surface area contributed by atoms with Crippen LogP contribution in [0.15, 0.2) is 29.3 Å². The Bertz CT molecular complexity index is 485. The lowest BCUT2D eigenvalue weighted by Crippen LogP contribution is -2.39. The van der Waals surface area contributed by atoms with Crippen molar-refractivity contribution in [1.82, 2.24) is 15.5 Å². The van der Waals surface area contributed by atoms with Gasteiger partial charge in [0.25, 0.3) is 0 Å². The lowest BCUT2D eigenvalue weighted by molar-refractivity contribution is 0.229. The number of hydrogen-bond donors (Lipinski definition) is 2. The number of aliphatic imine (C=N–C) groups is 1. The molecular weight excluding hydrogens is 422 g/mol. The van der Waals surface area contributed by atoms with Crippen LogP contribution in [0.2, 0.25) is 0 Å². The number of halogens is 2. The van der Waals surface area contributed by atoms with Crippen molar-refractivity contribution in [3.63, 3.8) is 0 Å². The first-order valence-corrected chi connectivity index (χ1v) is 8.10. The van der Waals surface area contributed by atoms with Crippen molar-refractivity contribution in [2.24, 2.45) is 4.99 Å². The van der Waals surface area contributed by atoms with Gasteiger partial charge in [0.2, 0.25) is 0 Å². The molecule has 0 spiro atoms. The first-order valence-electron chi connectivity index (χ1n) is 8.10. The number of benzene rings is 1. The van der Waals surface area contributed by atoms with Gasteiger partial charge in [0, 0.05) is 19.2 Å². The van der Waals surface area contributed by atoms with Gasteiger partial charge in [0.05, 0.1) is 6.54 Å². The minimum absolute atomic E-state index is 0. The highest BCUT2D eigenvalue weighted by atomic mass is 127. The minimum Gasteiger partial charge on any atom is -0.489 e. The maximum absolute atomic E-state index is 13.1. The highest BCUT2D eigenvalue weighted by molar-refractivity contribution is 14.0. The molecule has 0 saturated carbocycles. The maximum atomic E-state index is 13.1. The largest absolute Gasteiger partial charge is 0.489 e. The standard InChI is InChI=1S/C17H29FN4O.HI/c1-5-19-17(20-10-7-11-22(3)4)21-13-14(2)23-16-9-6-8-15(18)12-16;/h6,8-9,12,14H,5,7,10-11,13H2,1-4H3,(H2,19,20,21);1H. The quantitative estimate of drug-likeness (QED) is 0.262. The van der Waals surface area contributed by atoms with Crippen molar-refractivity contribution in [2.45, 2.75) is 26.4 Å². The van der Waals surface area contributed by atoms with Crippen molar-refractivity contribution in [2.75, 3.05) is 40.3 Å². The van der Waals surface area contributed by atoms with Crippen LogP contribution in [0.25, 0.3) is 0 Å². The van der Waals surface area contributed by atoms with Gasteiger partial charge in [-0.25, -0.2) is 9.38 Å². The highest BCUT2D eigenvalue weighted by Gasteiger charge is 2.05. The van der Waals surface area contributed by atoms with Crippen molar-refractivity contribution in [1.29, 1.82) is 0 Å². The smallest absolute Gasteiger partial charge is 0.191 e. The fraction of sp³-hybridized carbons (Fsp3) is 0.588. The van der Waals surface area contributed by atoms with Crippen LogP contribution < -0.4 is 15.4 Å². The zero-order valence-corrected chi connectivity index (χ0v) is 17.3. The number of nitrogens with one attached hydrogen (secondary N) is 2. The molecule has 138 valence electrons. The summed E-state index contributed by atoms with van der Waals surface area (Å²) in [4.78, 5) is 6.66. The Labute approximate surface area is 162 Å². The van der Waals surface area contributed by atoms with Crippen LogP contribution in [0, 0.1) is 5.82 Å². The summed E-state index contributed by atoms with van der Waals surface area (Å²) in [5.41, 5.74) is 0. The number of ether oxygens (including phenoxy) is 1. The van der Waals surface area contributed by atoms with E-state index in [1.807, 2.05) is 13.8 Å². The number of nitrogens with zero attached hydrogens (tertiary/aromatic N) is 2. The Kier molecular flexibility index (Phi) is 12.6. The van der Waals surface area contributed by atoms with E-state index in [4.69, 9.17) is 4.74 Å². The lowest BCUT2D eigenvalue weighted by Gasteiger charge is -2.16. The molecule has 7 heteroatoms. The van der Waals surface area contributed by atoms with Gasteiger partial charge in [-0.05, 0) is 53.0 Å². The molecule has 0 aliphatic heterocycles. The summed E-state index contributed by atoms with van der Waals surface area (Å²) in [7, 11) is 4.12. The number of guanidine groups is 1. The summed E-state index contributed by atoms with van der Waals surface area (Å²) in [5.74, 6) is 1.01. The van der Waals surface area contributed by atoms with E-state index < -0.39 is 0 Å². The van der Waals surface area contributed by atoms with Crippen molar-refractivity contribution in [3.8, 4) is 5.75 Å². The van der Waals surface area contributed by atoms with Crippen LogP contribution >= 0.6 is 24.0 Å². The lowest BCUT2D eigenvalue weighted by atomic mass is 10.3. The van der Waals surface area contributed by atoms with E-state index in [2.05, 4.69) is 34.6 Å². The average molecular weight is 452 g/mol. The summed E-state index contributed by atoms with van der Waals surface area (Å²) in [6, 6.07) is 6.16. The summed E-state index contributed by atoms with van der Waals surface area (Å²) < 4.78 is 18.8. The zero-order chi connectivity index (χ0) is 17.1. The number of rotatable bonds is 9. The van der Waals surface area contributed by atoms with E-state index in [0.29, 0.717) is 12.3 Å². The van der Waals surface area contributed by atoms with Crippen LogP contribution in [0.1, 0.15) is 20.3 Å². The Morgan fingerprint density at radius 3 is 2.71 bits per heavy atom. The van der Waals surface area contributed by atoms with Gasteiger partial charge < -0.3 is 20.3 Å². The molecule has 1 atom stereocenters. The Balaban J connectivity index is 0.00000529. The van der Waals surface area contributed by atoms with E-state index in [1.54, 1.807) is 12.1 Å². The monoisotopic (exact) mass is 452 g/mol. The summed E-state index contributed by atoms with van der Waals surface area (Å²) in [6.07, 6.45) is 0.918. The fourth-order valence-electron chi connectivity index (χ4n) is 1.97. The molecule has 0 aliphatic carbocycles. The SMILES string of the molecule is CCNC(=NCC(C)Oc1cccc(F)c1)NCCCN(C)C.I. The highest BCUT2D eigenvalue weighted by Crippen LogP contribution is 2.13. The van der Waals surface area contributed by atoms with E-state index in [-0.39, 0.29) is 35.9 Å². The first-order chi connectivity index (χ1) is 11.0. The Hall–Kier alpha value is -1.09. The second kappa shape index (κ2) is 13.2. The Morgan fingerprint density at radius 2 is 2.08 bits per heavy atom. The van der Waals surface area contributed by atoms with Gasteiger partial charge in [0.15, 0.2) is 5.96 Å². The molecule has 0 aromatic heterocycles. The molecular formula is C17H30FIN4O. The van der Waals surface area contributed by atoms with Gasteiger partial charge in [0.1, 0.15) is 17.7 Å². The summed E-state index contributed by atoms with van der Waals surface area (Å²) in [6.45, 7) is 7.15. The van der Waals surface area contributed by atoms with E-state index in [0.717, 1.165) is 32.0 Å². The summed E-state index contributed by atoms with van der Waals surface area (Å²) in [5, 5.41) is 6.51. The van der Waals surface area contributed by atoms with E-state index in [9.17, 15) is 4.39 Å². The van der Waals surface area contributed by atoms with Crippen molar-refractivity contribution >= 4 is 29.9 Å². The van der Waals surface area contributed by atoms with Crippen LogP contribution in [0.4, 0.5) is 4.39 Å². The van der Waals surface area contributed by atoms with E-state index >= 15 is 0 Å². The molecule has 1 rings (SSSR count). The predicted octanol–water partition coefficient (Wildman–Crippen LogP) is 2.72. The second-order valence-corrected chi connectivity index (χ2v) is 5.69. The molecule has 24 heavy (non-hydrogen) atoms. The molecule has 2 N–H and O–H groups in total. The molecule has 0 radical (unpaired) electrons. The predicted molar refractivity (Wildman–Crippen MR) is 109 cm³/mol. The fourth-order valence-corrected chi connectivity index (χ4v) is 1.97. The van der Waals surface area contributed by atoms with Crippen LogP contribution in [0.3, 0.4) is 0 Å². The van der Waals surface area contributed by atoms with Gasteiger partial charge in [-0.1, -0.05) is 6.07 Å². The first kappa shape index (κ1) is 22.9. The van der Waals surface area contributed by atoms with Crippen LogP contribution in [0.5, 0.6) is 5.75 Å². The topological polar surface area (TPSA) is 48.9 Å². The molecule has 1 aromatic carbocycles. The third-order valence-electron chi connectivity index (χ3n) is 3.06. The molecule has 0 bridgehead atoms. The maximum Gasteiger partial charge on any atom is 0.191 e. The molecule has 1 aromatic rings. The van der Waals surface area contributed by atoms with Crippen LogP contribution in [-0.4, -0.2) is 57.2 Å². The zero-order valence-electron chi connectivity index (χ0n) is 15.0. The van der Waals surface area contributed by atoms with Crippen molar-refractivity contribution in [3.05, 3.63) is 30.1 Å². The minimum atomic E-state index is -0.297. The van der Waals surface area contributed by atoms with Gasteiger partial charge in [-0.3, -0.25) is 0 Å². The molecule has 0 fully saturated rings. The van der Waals surface area contributed by atoms with Crippen LogP contribution in [-0.2, 0) is 0 Å². The van der Waals surface area contributed by atoms with Gasteiger partial charge in [-0.2, -0.15) is 0 Å². The normalized spacial score (nSPS) is 12.5. The molecule has 0 amide bonds. The third-order valence-corrected chi connectivity index (χ3v) is 3.06. The van der Waals surface area contributed by atoms with Crippen molar-refractivity contribution < 1.29 is 9.13 Å². The average Bonchev–Trinajstić information content (AvgIpc) is 2.48. The summed E-state index contributed by atoms with van der Waals surface area (Å²) >= 11 is 0. The molecule has 1 unspecified atom stereocenters. The van der Waals surface area contributed by atoms with Gasteiger partial charge >= 0.3 is 0 Å². The Morgan fingerprint density at radius 1 is 1.33 bits per heavy atom. The third kappa shape index (κ3) is 10.6. The second-order valence-electron chi connectivity index (χ2n) is 5.69. The molecule has 0 heterocycles. The van der Waals surface area contributed by atoms with E-state index in [1.165, 1.54) is 12.1 Å². The molecule has 0 saturated heterocycles. The van der Waals surface area contributed by atoms with Gasteiger partial charge in [-0.15, -0.1) is 24.0 Å². The molecule has 0 aliphatic rings.